The molecule has 0 radical (unpaired) electrons. The maximum atomic E-state index is 11.5. The summed E-state index contributed by atoms with van der Waals surface area (Å²) in [6, 6.07) is 0.0720. The van der Waals surface area contributed by atoms with Crippen LogP contribution < -0.4 is 10.6 Å². The second kappa shape index (κ2) is 4.99. The first kappa shape index (κ1) is 13.2. The molecule has 1 aliphatic rings. The number of carbonyl (C=O) groups excluding carboxylic acids is 1. The lowest BCUT2D eigenvalue weighted by molar-refractivity contribution is 0.0495. The van der Waals surface area contributed by atoms with Crippen LogP contribution in [0, 0.1) is 5.92 Å². The summed E-state index contributed by atoms with van der Waals surface area (Å²) in [5.41, 5.74) is -0.451. The van der Waals surface area contributed by atoms with E-state index in [1.54, 1.807) is 0 Å². The maximum Gasteiger partial charge on any atom is 0.407 e. The topological polar surface area (TPSA) is 50.4 Å². The van der Waals surface area contributed by atoms with Gasteiger partial charge >= 0.3 is 6.09 Å². The van der Waals surface area contributed by atoms with Gasteiger partial charge in [0, 0.05) is 24.9 Å². The molecule has 0 aromatic heterocycles. The Morgan fingerprint density at radius 2 is 2.25 bits per heavy atom. The average Bonchev–Trinajstić information content (AvgIpc) is 2.47. The summed E-state index contributed by atoms with van der Waals surface area (Å²) >= 11 is 5.06. The van der Waals surface area contributed by atoms with Crippen molar-refractivity contribution in [3.8, 4) is 0 Å². The minimum atomic E-state index is -0.451. The Kier molecular flexibility index (Phi) is 4.13. The Morgan fingerprint density at radius 1 is 1.62 bits per heavy atom. The molecule has 0 bridgehead atoms. The Hall–Kier alpha value is -0.840. The molecule has 4 nitrogen and oxygen atoms in total. The molecule has 0 saturated carbocycles. The highest BCUT2D eigenvalue weighted by atomic mass is 32.1. The van der Waals surface area contributed by atoms with Crippen LogP contribution in [0.15, 0.2) is 0 Å². The van der Waals surface area contributed by atoms with Crippen LogP contribution in [-0.2, 0) is 4.74 Å². The summed E-state index contributed by atoms with van der Waals surface area (Å²) in [6.07, 6.45) is 0.476. The predicted molar refractivity (Wildman–Crippen MR) is 67.5 cm³/mol. The number of carbonyl (C=O) groups is 1. The molecule has 2 atom stereocenters. The number of nitrogens with one attached hydrogen (secondary N) is 2. The number of thiocarbonyl (C=S) groups is 1. The lowest BCUT2D eigenvalue weighted by atomic mass is 10.0. The number of hydrogen-bond acceptors (Lipinski definition) is 3. The van der Waals surface area contributed by atoms with E-state index in [2.05, 4.69) is 10.6 Å². The minimum Gasteiger partial charge on any atom is -0.444 e. The molecule has 1 rings (SSSR count). The molecule has 2 N–H and O–H groups in total. The molecule has 0 aliphatic carbocycles. The van der Waals surface area contributed by atoms with Crippen molar-refractivity contribution in [3.63, 3.8) is 0 Å². The molecular weight excluding hydrogens is 224 g/mol. The number of alkyl carbamates (subject to hydrolysis) is 1. The lowest BCUT2D eigenvalue weighted by Crippen LogP contribution is -2.41. The zero-order chi connectivity index (χ0) is 12.3. The normalized spacial score (nSPS) is 22.5. The van der Waals surface area contributed by atoms with E-state index in [4.69, 9.17) is 17.0 Å². The highest BCUT2D eigenvalue weighted by Gasteiger charge is 2.27. The van der Waals surface area contributed by atoms with E-state index in [1.807, 2.05) is 27.7 Å². The molecule has 1 unspecified atom stereocenters. The van der Waals surface area contributed by atoms with E-state index in [9.17, 15) is 4.79 Å². The number of amides is 1. The molecule has 92 valence electrons. The molecule has 0 aromatic carbocycles. The van der Waals surface area contributed by atoms with Crippen molar-refractivity contribution in [1.29, 1.82) is 0 Å². The largest absolute Gasteiger partial charge is 0.444 e. The molecule has 1 heterocycles. The Balaban J connectivity index is 2.36. The molecule has 0 aromatic rings. The van der Waals surface area contributed by atoms with E-state index in [1.165, 1.54) is 0 Å². The van der Waals surface area contributed by atoms with E-state index in [-0.39, 0.29) is 12.1 Å². The van der Waals surface area contributed by atoms with E-state index in [0.717, 1.165) is 18.0 Å². The monoisotopic (exact) mass is 244 g/mol. The van der Waals surface area contributed by atoms with Crippen molar-refractivity contribution in [3.05, 3.63) is 0 Å². The predicted octanol–water partition coefficient (Wildman–Crippen LogP) is 1.84. The SMILES string of the molecule is C[C@H](NC(=O)OC(C)(C)C)C1CNC(=S)C1. The third-order valence-corrected chi connectivity index (χ3v) is 2.77. The van der Waals surface area contributed by atoms with Gasteiger partial charge in [-0.1, -0.05) is 12.2 Å². The second-order valence-corrected chi connectivity index (χ2v) is 5.70. The van der Waals surface area contributed by atoms with Crippen molar-refractivity contribution in [2.75, 3.05) is 6.54 Å². The highest BCUT2D eigenvalue weighted by Crippen LogP contribution is 2.15. The third kappa shape index (κ3) is 4.35. The van der Waals surface area contributed by atoms with Crippen molar-refractivity contribution in [2.24, 2.45) is 5.92 Å². The first-order valence-corrected chi connectivity index (χ1v) is 5.95. The van der Waals surface area contributed by atoms with Gasteiger partial charge in [0.2, 0.25) is 0 Å². The average molecular weight is 244 g/mol. The minimum absolute atomic E-state index is 0.0720. The van der Waals surface area contributed by atoms with Crippen LogP contribution in [0.2, 0.25) is 0 Å². The molecule has 0 spiro atoms. The number of ether oxygens (including phenoxy) is 1. The van der Waals surface area contributed by atoms with Crippen LogP contribution in [-0.4, -0.2) is 29.3 Å². The maximum absolute atomic E-state index is 11.5. The van der Waals surface area contributed by atoms with Crippen LogP contribution >= 0.6 is 12.2 Å². The third-order valence-electron chi connectivity index (χ3n) is 2.46. The molecule has 1 amide bonds. The van der Waals surface area contributed by atoms with Crippen molar-refractivity contribution in [2.45, 2.75) is 45.8 Å². The van der Waals surface area contributed by atoms with Gasteiger partial charge in [-0.25, -0.2) is 4.79 Å². The second-order valence-electron chi connectivity index (χ2n) is 5.20. The fourth-order valence-electron chi connectivity index (χ4n) is 1.59. The molecule has 1 aliphatic heterocycles. The first-order valence-electron chi connectivity index (χ1n) is 5.54. The lowest BCUT2D eigenvalue weighted by Gasteiger charge is -2.24. The Morgan fingerprint density at radius 3 is 2.69 bits per heavy atom. The summed E-state index contributed by atoms with van der Waals surface area (Å²) < 4.78 is 5.19. The van der Waals surface area contributed by atoms with E-state index < -0.39 is 5.60 Å². The summed E-state index contributed by atoms with van der Waals surface area (Å²) in [4.78, 5) is 12.4. The van der Waals surface area contributed by atoms with Crippen LogP contribution in [0.5, 0.6) is 0 Å². The molecule has 1 saturated heterocycles. The van der Waals surface area contributed by atoms with Crippen molar-refractivity contribution in [1.82, 2.24) is 10.6 Å². The smallest absolute Gasteiger partial charge is 0.407 e. The molecular formula is C11H20N2O2S. The van der Waals surface area contributed by atoms with Crippen molar-refractivity contribution < 1.29 is 9.53 Å². The zero-order valence-electron chi connectivity index (χ0n) is 10.3. The van der Waals surface area contributed by atoms with Crippen LogP contribution in [0.1, 0.15) is 34.1 Å². The zero-order valence-corrected chi connectivity index (χ0v) is 11.1. The van der Waals surface area contributed by atoms with Crippen LogP contribution in [0.3, 0.4) is 0 Å². The number of hydrogen-bond donors (Lipinski definition) is 2. The van der Waals surface area contributed by atoms with Gasteiger partial charge in [0.25, 0.3) is 0 Å². The standard InChI is InChI=1S/C11H20N2O2S/c1-7(8-5-9(16)12-6-8)13-10(14)15-11(2,3)4/h7-8H,5-6H2,1-4H3,(H,12,16)(H,13,14)/t7-,8?/m0/s1. The summed E-state index contributed by atoms with van der Waals surface area (Å²) in [5.74, 6) is 0.361. The van der Waals surface area contributed by atoms with Gasteiger partial charge < -0.3 is 15.4 Å². The van der Waals surface area contributed by atoms with E-state index >= 15 is 0 Å². The van der Waals surface area contributed by atoms with Crippen LogP contribution in [0.4, 0.5) is 4.79 Å². The fraction of sp³-hybridized carbons (Fsp3) is 0.818. The van der Waals surface area contributed by atoms with Crippen LogP contribution in [0.25, 0.3) is 0 Å². The summed E-state index contributed by atoms with van der Waals surface area (Å²) in [7, 11) is 0. The van der Waals surface area contributed by atoms with E-state index in [0.29, 0.717) is 5.92 Å². The van der Waals surface area contributed by atoms with Gasteiger partial charge in [-0.2, -0.15) is 0 Å². The highest BCUT2D eigenvalue weighted by molar-refractivity contribution is 7.80. The Bertz CT molecular complexity index is 286. The van der Waals surface area contributed by atoms with Gasteiger partial charge in [-0.05, 0) is 27.7 Å². The first-order chi connectivity index (χ1) is 7.28. The fourth-order valence-corrected chi connectivity index (χ4v) is 1.89. The quantitative estimate of drug-likeness (QED) is 0.728. The van der Waals surface area contributed by atoms with Gasteiger partial charge in [0.1, 0.15) is 5.60 Å². The Labute approximate surface area is 102 Å². The van der Waals surface area contributed by atoms with Gasteiger partial charge in [0.05, 0.1) is 4.99 Å². The van der Waals surface area contributed by atoms with Crippen molar-refractivity contribution >= 4 is 23.3 Å². The summed E-state index contributed by atoms with van der Waals surface area (Å²) in [5, 5.41) is 5.95. The molecule has 5 heteroatoms. The number of rotatable bonds is 2. The van der Waals surface area contributed by atoms with Gasteiger partial charge in [0.15, 0.2) is 0 Å². The van der Waals surface area contributed by atoms with Gasteiger partial charge in [-0.3, -0.25) is 0 Å². The molecule has 1 fully saturated rings. The summed E-state index contributed by atoms with van der Waals surface area (Å²) in [6.45, 7) is 8.36. The molecule has 16 heavy (non-hydrogen) atoms. The van der Waals surface area contributed by atoms with Gasteiger partial charge in [-0.15, -0.1) is 0 Å².